The second-order valence-corrected chi connectivity index (χ2v) is 3.85. The van der Waals surface area contributed by atoms with Crippen molar-refractivity contribution in [3.8, 4) is 0 Å². The summed E-state index contributed by atoms with van der Waals surface area (Å²) in [5.41, 5.74) is 6.14. The van der Waals surface area contributed by atoms with Gasteiger partial charge in [-0.1, -0.05) is 0 Å². The van der Waals surface area contributed by atoms with Gasteiger partial charge in [0.15, 0.2) is 0 Å². The first kappa shape index (κ1) is 11.9. The van der Waals surface area contributed by atoms with Gasteiger partial charge in [-0.3, -0.25) is 10.1 Å². The molecule has 0 spiro atoms. The second-order valence-electron chi connectivity index (χ2n) is 2.99. The Labute approximate surface area is 95.9 Å². The summed E-state index contributed by atoms with van der Waals surface area (Å²) in [5, 5.41) is 13.7. The average molecular weight is 274 g/mol. The van der Waals surface area contributed by atoms with Crippen molar-refractivity contribution in [3.05, 3.63) is 32.8 Å². The van der Waals surface area contributed by atoms with Crippen LogP contribution in [-0.2, 0) is 0 Å². The highest BCUT2D eigenvalue weighted by atomic mass is 79.9. The SMILES string of the molecule is NCCCNc1ccc(Br)c([N+](=O)[O-])c1. The summed E-state index contributed by atoms with van der Waals surface area (Å²) in [6.07, 6.45) is 0.837. The van der Waals surface area contributed by atoms with Gasteiger partial charge in [0.1, 0.15) is 0 Å². The Morgan fingerprint density at radius 3 is 2.87 bits per heavy atom. The summed E-state index contributed by atoms with van der Waals surface area (Å²) < 4.78 is 0.483. The molecular weight excluding hydrogens is 262 g/mol. The summed E-state index contributed by atoms with van der Waals surface area (Å²) >= 11 is 3.12. The quantitative estimate of drug-likeness (QED) is 0.489. The standard InChI is InChI=1S/C9H12BrN3O2/c10-8-3-2-7(12-5-1-4-11)6-9(8)13(14)15/h2-3,6,12H,1,4-5,11H2. The molecule has 0 atom stereocenters. The average Bonchev–Trinajstić information content (AvgIpc) is 2.20. The van der Waals surface area contributed by atoms with Crippen molar-refractivity contribution in [2.45, 2.75) is 6.42 Å². The van der Waals surface area contributed by atoms with E-state index in [1.165, 1.54) is 6.07 Å². The highest BCUT2D eigenvalue weighted by molar-refractivity contribution is 9.10. The van der Waals surface area contributed by atoms with Gasteiger partial charge < -0.3 is 11.1 Å². The molecule has 1 rings (SSSR count). The van der Waals surface area contributed by atoms with E-state index in [-0.39, 0.29) is 5.69 Å². The Kier molecular flexibility index (Phi) is 4.51. The minimum absolute atomic E-state index is 0.0627. The van der Waals surface area contributed by atoms with Crippen LogP contribution in [0.15, 0.2) is 22.7 Å². The Bertz CT molecular complexity index is 357. The first-order valence-electron chi connectivity index (χ1n) is 4.53. The topological polar surface area (TPSA) is 81.2 Å². The van der Waals surface area contributed by atoms with Gasteiger partial charge in [-0.05, 0) is 41.0 Å². The van der Waals surface area contributed by atoms with Crippen LogP contribution >= 0.6 is 15.9 Å². The van der Waals surface area contributed by atoms with Crippen molar-refractivity contribution < 1.29 is 4.92 Å². The molecule has 0 amide bonds. The van der Waals surface area contributed by atoms with Crippen molar-refractivity contribution in [3.63, 3.8) is 0 Å². The number of rotatable bonds is 5. The third kappa shape index (κ3) is 3.49. The van der Waals surface area contributed by atoms with Gasteiger partial charge in [0, 0.05) is 18.3 Å². The Morgan fingerprint density at radius 1 is 1.53 bits per heavy atom. The minimum Gasteiger partial charge on any atom is -0.385 e. The number of nitro groups is 1. The molecule has 0 aromatic heterocycles. The fraction of sp³-hybridized carbons (Fsp3) is 0.333. The summed E-state index contributed by atoms with van der Waals surface area (Å²) in [6.45, 7) is 1.32. The fourth-order valence-corrected chi connectivity index (χ4v) is 1.49. The highest BCUT2D eigenvalue weighted by Crippen LogP contribution is 2.27. The first-order valence-corrected chi connectivity index (χ1v) is 5.32. The summed E-state index contributed by atoms with van der Waals surface area (Å²) in [6, 6.07) is 4.94. The molecule has 0 saturated carbocycles. The number of nitrogens with zero attached hydrogens (tertiary/aromatic N) is 1. The van der Waals surface area contributed by atoms with E-state index in [1.54, 1.807) is 12.1 Å². The first-order chi connectivity index (χ1) is 7.15. The predicted octanol–water partition coefficient (Wildman–Crippen LogP) is 2.12. The van der Waals surface area contributed by atoms with Crippen LogP contribution in [0.4, 0.5) is 11.4 Å². The van der Waals surface area contributed by atoms with Gasteiger partial charge in [-0.2, -0.15) is 0 Å². The molecule has 3 N–H and O–H groups in total. The lowest BCUT2D eigenvalue weighted by atomic mass is 10.2. The van der Waals surface area contributed by atoms with Gasteiger partial charge in [0.05, 0.1) is 9.40 Å². The van der Waals surface area contributed by atoms with Crippen LogP contribution < -0.4 is 11.1 Å². The molecule has 0 radical (unpaired) electrons. The van der Waals surface area contributed by atoms with Crippen LogP contribution in [0.3, 0.4) is 0 Å². The molecule has 0 unspecified atom stereocenters. The maximum absolute atomic E-state index is 10.6. The van der Waals surface area contributed by atoms with Crippen molar-refractivity contribution >= 4 is 27.3 Å². The number of halogens is 1. The molecule has 6 heteroatoms. The lowest BCUT2D eigenvalue weighted by Gasteiger charge is -2.05. The Balaban J connectivity index is 2.74. The van der Waals surface area contributed by atoms with E-state index < -0.39 is 4.92 Å². The normalized spacial score (nSPS) is 10.0. The number of hydrogen-bond acceptors (Lipinski definition) is 4. The number of nitro benzene ring substituents is 1. The Hall–Kier alpha value is -1.14. The van der Waals surface area contributed by atoms with Crippen LogP contribution in [0.25, 0.3) is 0 Å². The summed E-state index contributed by atoms with van der Waals surface area (Å²) in [7, 11) is 0. The molecule has 0 aliphatic carbocycles. The van der Waals surface area contributed by atoms with Crippen LogP contribution in [-0.4, -0.2) is 18.0 Å². The molecule has 0 aliphatic rings. The molecule has 0 saturated heterocycles. The zero-order valence-electron chi connectivity index (χ0n) is 8.07. The number of benzene rings is 1. The molecule has 82 valence electrons. The highest BCUT2D eigenvalue weighted by Gasteiger charge is 2.11. The molecule has 5 nitrogen and oxygen atoms in total. The molecule has 0 aliphatic heterocycles. The molecule has 1 aromatic rings. The van der Waals surface area contributed by atoms with Gasteiger partial charge >= 0.3 is 0 Å². The number of hydrogen-bond donors (Lipinski definition) is 2. The van der Waals surface area contributed by atoms with E-state index in [2.05, 4.69) is 21.2 Å². The lowest BCUT2D eigenvalue weighted by molar-refractivity contribution is -0.385. The van der Waals surface area contributed by atoms with Gasteiger partial charge in [0.2, 0.25) is 0 Å². The van der Waals surface area contributed by atoms with Crippen LogP contribution in [0.2, 0.25) is 0 Å². The van der Waals surface area contributed by atoms with Gasteiger partial charge in [-0.25, -0.2) is 0 Å². The van der Waals surface area contributed by atoms with E-state index in [0.717, 1.165) is 18.7 Å². The predicted molar refractivity (Wildman–Crippen MR) is 63.0 cm³/mol. The van der Waals surface area contributed by atoms with Crippen molar-refractivity contribution in [2.24, 2.45) is 5.73 Å². The van der Waals surface area contributed by atoms with Crippen molar-refractivity contribution in [2.75, 3.05) is 18.4 Å². The Morgan fingerprint density at radius 2 is 2.27 bits per heavy atom. The maximum Gasteiger partial charge on any atom is 0.285 e. The van der Waals surface area contributed by atoms with Crippen molar-refractivity contribution in [1.29, 1.82) is 0 Å². The smallest absolute Gasteiger partial charge is 0.285 e. The summed E-state index contributed by atoms with van der Waals surface area (Å²) in [5.74, 6) is 0. The van der Waals surface area contributed by atoms with Gasteiger partial charge in [0.25, 0.3) is 5.69 Å². The zero-order chi connectivity index (χ0) is 11.3. The molecule has 1 aromatic carbocycles. The minimum atomic E-state index is -0.418. The third-order valence-corrected chi connectivity index (χ3v) is 2.52. The summed E-state index contributed by atoms with van der Waals surface area (Å²) in [4.78, 5) is 10.2. The van der Waals surface area contributed by atoms with E-state index >= 15 is 0 Å². The largest absolute Gasteiger partial charge is 0.385 e. The zero-order valence-corrected chi connectivity index (χ0v) is 9.66. The molecule has 0 fully saturated rings. The molecule has 0 heterocycles. The van der Waals surface area contributed by atoms with Crippen LogP contribution in [0.5, 0.6) is 0 Å². The third-order valence-electron chi connectivity index (χ3n) is 1.85. The lowest BCUT2D eigenvalue weighted by Crippen LogP contribution is -2.08. The van der Waals surface area contributed by atoms with E-state index in [9.17, 15) is 10.1 Å². The van der Waals surface area contributed by atoms with Crippen LogP contribution in [0, 0.1) is 10.1 Å². The number of nitrogens with one attached hydrogen (secondary N) is 1. The molecule has 0 bridgehead atoms. The fourth-order valence-electron chi connectivity index (χ4n) is 1.10. The van der Waals surface area contributed by atoms with E-state index in [1.807, 2.05) is 0 Å². The molecular formula is C9H12BrN3O2. The van der Waals surface area contributed by atoms with Crippen molar-refractivity contribution in [1.82, 2.24) is 0 Å². The molecule has 15 heavy (non-hydrogen) atoms. The number of nitrogens with two attached hydrogens (primary N) is 1. The van der Waals surface area contributed by atoms with Gasteiger partial charge in [-0.15, -0.1) is 0 Å². The monoisotopic (exact) mass is 273 g/mol. The van der Waals surface area contributed by atoms with E-state index in [0.29, 0.717) is 11.0 Å². The maximum atomic E-state index is 10.6. The van der Waals surface area contributed by atoms with Crippen LogP contribution in [0.1, 0.15) is 6.42 Å². The second kappa shape index (κ2) is 5.67. The van der Waals surface area contributed by atoms with E-state index in [4.69, 9.17) is 5.73 Å². The number of anilines is 1.